The van der Waals surface area contributed by atoms with Crippen molar-refractivity contribution in [3.05, 3.63) is 39.9 Å². The van der Waals surface area contributed by atoms with E-state index < -0.39 is 10.8 Å². The minimum atomic E-state index is -0.665. The molecule has 5 nitrogen and oxygen atoms in total. The number of carbonyl (C=O) groups excluding carboxylic acids is 1. The van der Waals surface area contributed by atoms with Crippen LogP contribution in [0.3, 0.4) is 0 Å². The molecule has 5 heteroatoms. The van der Waals surface area contributed by atoms with Gasteiger partial charge in [-0.05, 0) is 18.6 Å². The number of nitro benzene ring substituents is 1. The Kier molecular flexibility index (Phi) is 4.35. The topological polar surface area (TPSA) is 84.0 Å². The molecule has 0 saturated carbocycles. The largest absolute Gasteiger partial charge is 0.293 e. The molecule has 0 aliphatic carbocycles. The van der Waals surface area contributed by atoms with Gasteiger partial charge in [0.25, 0.3) is 5.69 Å². The Balaban J connectivity index is 2.90. The Labute approximate surface area is 98.8 Å². The number of nitrogens with zero attached hydrogens (tertiary/aromatic N) is 2. The highest BCUT2D eigenvalue weighted by molar-refractivity contribution is 5.99. The summed E-state index contributed by atoms with van der Waals surface area (Å²) < 4.78 is 0. The third kappa shape index (κ3) is 3.11. The van der Waals surface area contributed by atoms with Crippen LogP contribution >= 0.6 is 0 Å². The molecule has 0 aliphatic heterocycles. The maximum atomic E-state index is 11.9. The number of non-ortho nitro benzene ring substituents is 1. The molecule has 0 aromatic heterocycles. The molecule has 0 heterocycles. The number of nitriles is 1. The molecule has 1 atom stereocenters. The average Bonchev–Trinajstić information content (AvgIpc) is 2.35. The van der Waals surface area contributed by atoms with Crippen LogP contribution in [-0.2, 0) is 0 Å². The first-order valence-corrected chi connectivity index (χ1v) is 5.28. The Bertz CT molecular complexity index is 460. The molecule has 0 radical (unpaired) electrons. The molecule has 1 aromatic carbocycles. The van der Waals surface area contributed by atoms with Crippen LogP contribution in [0.1, 0.15) is 30.1 Å². The van der Waals surface area contributed by atoms with Crippen molar-refractivity contribution in [1.29, 1.82) is 5.26 Å². The van der Waals surface area contributed by atoms with Crippen molar-refractivity contribution in [2.75, 3.05) is 0 Å². The molecule has 0 N–H and O–H groups in total. The van der Waals surface area contributed by atoms with E-state index in [1.165, 1.54) is 24.3 Å². The smallest absolute Gasteiger partial charge is 0.269 e. The second-order valence-electron chi connectivity index (χ2n) is 3.64. The van der Waals surface area contributed by atoms with Gasteiger partial charge in [0.1, 0.15) is 5.92 Å². The van der Waals surface area contributed by atoms with Crippen molar-refractivity contribution in [3.8, 4) is 6.07 Å². The fourth-order valence-corrected chi connectivity index (χ4v) is 1.49. The maximum absolute atomic E-state index is 11.9. The Morgan fingerprint density at radius 3 is 2.47 bits per heavy atom. The van der Waals surface area contributed by atoms with Gasteiger partial charge >= 0.3 is 0 Å². The zero-order valence-electron chi connectivity index (χ0n) is 9.42. The van der Waals surface area contributed by atoms with E-state index >= 15 is 0 Å². The lowest BCUT2D eigenvalue weighted by atomic mass is 9.95. The molecular formula is C12H12N2O3. The van der Waals surface area contributed by atoms with E-state index in [0.29, 0.717) is 12.0 Å². The van der Waals surface area contributed by atoms with Gasteiger partial charge in [0.2, 0.25) is 0 Å². The minimum absolute atomic E-state index is 0.0643. The summed E-state index contributed by atoms with van der Waals surface area (Å²) in [6, 6.07) is 7.28. The molecule has 0 amide bonds. The fraction of sp³-hybridized carbons (Fsp3) is 0.333. The van der Waals surface area contributed by atoms with E-state index in [9.17, 15) is 14.9 Å². The highest BCUT2D eigenvalue weighted by Crippen LogP contribution is 2.17. The summed E-state index contributed by atoms with van der Waals surface area (Å²) in [4.78, 5) is 21.8. The van der Waals surface area contributed by atoms with Crippen molar-refractivity contribution in [1.82, 2.24) is 0 Å². The molecule has 0 spiro atoms. The lowest BCUT2D eigenvalue weighted by molar-refractivity contribution is -0.384. The standard InChI is InChI=1S/C12H12N2O3/c1-2-3-10(8-13)12(15)9-4-6-11(7-5-9)14(16)17/h4-7,10H,2-3H2,1H3. The molecular weight excluding hydrogens is 220 g/mol. The molecule has 88 valence electrons. The van der Waals surface area contributed by atoms with E-state index in [4.69, 9.17) is 5.26 Å². The third-order valence-electron chi connectivity index (χ3n) is 2.41. The molecule has 17 heavy (non-hydrogen) atoms. The molecule has 0 bridgehead atoms. The van der Waals surface area contributed by atoms with Crippen molar-refractivity contribution >= 4 is 11.5 Å². The number of carbonyl (C=O) groups is 1. The van der Waals surface area contributed by atoms with Crippen LogP contribution in [0.2, 0.25) is 0 Å². The van der Waals surface area contributed by atoms with Gasteiger partial charge in [0.05, 0.1) is 11.0 Å². The fourth-order valence-electron chi connectivity index (χ4n) is 1.49. The van der Waals surface area contributed by atoms with Crippen LogP contribution < -0.4 is 0 Å². The number of Topliss-reactive ketones (excluding diaryl/α,β-unsaturated/α-hetero) is 1. The highest BCUT2D eigenvalue weighted by Gasteiger charge is 2.19. The summed E-state index contributed by atoms with van der Waals surface area (Å²) in [5, 5.41) is 19.3. The highest BCUT2D eigenvalue weighted by atomic mass is 16.6. The van der Waals surface area contributed by atoms with Crippen LogP contribution in [0.25, 0.3) is 0 Å². The predicted molar refractivity (Wildman–Crippen MR) is 61.4 cm³/mol. The van der Waals surface area contributed by atoms with Gasteiger partial charge < -0.3 is 0 Å². The minimum Gasteiger partial charge on any atom is -0.293 e. The second kappa shape index (κ2) is 5.75. The number of rotatable bonds is 5. The van der Waals surface area contributed by atoms with E-state index in [0.717, 1.165) is 6.42 Å². The summed E-state index contributed by atoms with van der Waals surface area (Å²) in [5.41, 5.74) is 0.279. The van der Waals surface area contributed by atoms with Crippen molar-refractivity contribution < 1.29 is 9.72 Å². The van der Waals surface area contributed by atoms with E-state index in [-0.39, 0.29) is 11.5 Å². The number of hydrogen-bond acceptors (Lipinski definition) is 4. The summed E-state index contributed by atoms with van der Waals surface area (Å²) in [6.07, 6.45) is 1.25. The van der Waals surface area contributed by atoms with Gasteiger partial charge in [-0.1, -0.05) is 13.3 Å². The Hall–Kier alpha value is -2.22. The molecule has 0 aliphatic rings. The van der Waals surface area contributed by atoms with Crippen molar-refractivity contribution in [3.63, 3.8) is 0 Å². The lowest BCUT2D eigenvalue weighted by Gasteiger charge is -2.05. The Morgan fingerprint density at radius 2 is 2.06 bits per heavy atom. The third-order valence-corrected chi connectivity index (χ3v) is 2.41. The molecule has 1 rings (SSSR count). The molecule has 0 fully saturated rings. The Morgan fingerprint density at radius 1 is 1.47 bits per heavy atom. The van der Waals surface area contributed by atoms with Gasteiger partial charge in [-0.2, -0.15) is 5.26 Å². The summed E-state index contributed by atoms with van der Waals surface area (Å²) in [6.45, 7) is 1.90. The quantitative estimate of drug-likeness (QED) is 0.444. The van der Waals surface area contributed by atoms with Crippen molar-refractivity contribution in [2.45, 2.75) is 19.8 Å². The average molecular weight is 232 g/mol. The van der Waals surface area contributed by atoms with E-state index in [1.54, 1.807) is 0 Å². The number of nitro groups is 1. The number of ketones is 1. The van der Waals surface area contributed by atoms with Gasteiger partial charge in [0.15, 0.2) is 5.78 Å². The van der Waals surface area contributed by atoms with Crippen LogP contribution in [0.5, 0.6) is 0 Å². The maximum Gasteiger partial charge on any atom is 0.269 e. The first kappa shape index (κ1) is 12.8. The van der Waals surface area contributed by atoms with Gasteiger partial charge in [-0.25, -0.2) is 0 Å². The van der Waals surface area contributed by atoms with E-state index in [2.05, 4.69) is 0 Å². The predicted octanol–water partition coefficient (Wildman–Crippen LogP) is 2.72. The van der Waals surface area contributed by atoms with Crippen LogP contribution in [0.4, 0.5) is 5.69 Å². The zero-order chi connectivity index (χ0) is 12.8. The molecule has 0 saturated heterocycles. The lowest BCUT2D eigenvalue weighted by Crippen LogP contribution is -2.12. The molecule has 1 aromatic rings. The normalized spacial score (nSPS) is 11.5. The monoisotopic (exact) mass is 232 g/mol. The van der Waals surface area contributed by atoms with Crippen LogP contribution in [0, 0.1) is 27.4 Å². The first-order valence-electron chi connectivity index (χ1n) is 5.28. The SMILES string of the molecule is CCCC(C#N)C(=O)c1ccc([N+](=O)[O-])cc1. The van der Waals surface area contributed by atoms with Crippen LogP contribution in [0.15, 0.2) is 24.3 Å². The summed E-state index contributed by atoms with van der Waals surface area (Å²) >= 11 is 0. The zero-order valence-corrected chi connectivity index (χ0v) is 9.42. The summed E-state index contributed by atoms with van der Waals surface area (Å²) in [7, 11) is 0. The number of benzene rings is 1. The summed E-state index contributed by atoms with van der Waals surface area (Å²) in [5.74, 6) is -0.939. The van der Waals surface area contributed by atoms with Crippen LogP contribution in [-0.4, -0.2) is 10.7 Å². The van der Waals surface area contributed by atoms with Gasteiger partial charge in [-0.3, -0.25) is 14.9 Å². The van der Waals surface area contributed by atoms with Gasteiger partial charge in [0, 0.05) is 17.7 Å². The first-order chi connectivity index (χ1) is 8.10. The van der Waals surface area contributed by atoms with Crippen molar-refractivity contribution in [2.24, 2.45) is 5.92 Å². The van der Waals surface area contributed by atoms with E-state index in [1.807, 2.05) is 13.0 Å². The van der Waals surface area contributed by atoms with Gasteiger partial charge in [-0.15, -0.1) is 0 Å². The number of hydrogen-bond donors (Lipinski definition) is 0. The second-order valence-corrected chi connectivity index (χ2v) is 3.64. The molecule has 1 unspecified atom stereocenters.